The third kappa shape index (κ3) is 5.43. The van der Waals surface area contributed by atoms with Gasteiger partial charge in [0, 0.05) is 6.42 Å². The molecule has 2 N–H and O–H groups in total. The average Bonchev–Trinajstić information content (AvgIpc) is 3.05. The predicted octanol–water partition coefficient (Wildman–Crippen LogP) is 3.20. The lowest BCUT2D eigenvalue weighted by Crippen LogP contribution is -2.31. The SMILES string of the molecule is CCOc1ccc(N2C(=O)C[C@H](SC(N)=N/N=C(/C)c3ccc(OC)cc3)C2=O)cc1. The molecule has 1 aliphatic rings. The van der Waals surface area contributed by atoms with Gasteiger partial charge in [-0.1, -0.05) is 11.8 Å². The number of rotatable bonds is 7. The molecule has 1 fully saturated rings. The van der Waals surface area contributed by atoms with E-state index in [0.717, 1.165) is 23.1 Å². The zero-order chi connectivity index (χ0) is 22.4. The van der Waals surface area contributed by atoms with Crippen molar-refractivity contribution in [2.45, 2.75) is 25.5 Å². The van der Waals surface area contributed by atoms with E-state index in [1.807, 2.05) is 31.2 Å². The van der Waals surface area contributed by atoms with Gasteiger partial charge in [-0.05, 0) is 67.9 Å². The molecule has 1 atom stereocenters. The van der Waals surface area contributed by atoms with Gasteiger partial charge in [0.15, 0.2) is 5.17 Å². The molecule has 2 aromatic carbocycles. The standard InChI is InChI=1S/C22H24N4O4S/c1-4-30-18-11-7-16(8-12-18)26-20(27)13-19(21(26)28)31-22(23)25-24-14(2)15-5-9-17(29-3)10-6-15/h5-12,19H,4,13H2,1-3H3,(H2,23,25)/b24-14-/t19-/m0/s1. The summed E-state index contributed by atoms with van der Waals surface area (Å²) in [6, 6.07) is 14.2. The van der Waals surface area contributed by atoms with Gasteiger partial charge in [0.1, 0.15) is 16.7 Å². The summed E-state index contributed by atoms with van der Waals surface area (Å²) in [4.78, 5) is 26.4. The van der Waals surface area contributed by atoms with Crippen molar-refractivity contribution in [2.24, 2.45) is 15.9 Å². The van der Waals surface area contributed by atoms with Crippen molar-refractivity contribution in [3.8, 4) is 11.5 Å². The number of thioether (sulfide) groups is 1. The number of methoxy groups -OCH3 is 1. The fourth-order valence-corrected chi connectivity index (χ4v) is 3.82. The van der Waals surface area contributed by atoms with Gasteiger partial charge < -0.3 is 15.2 Å². The van der Waals surface area contributed by atoms with E-state index >= 15 is 0 Å². The van der Waals surface area contributed by atoms with E-state index < -0.39 is 5.25 Å². The summed E-state index contributed by atoms with van der Waals surface area (Å²) in [6.07, 6.45) is 0.0497. The first-order chi connectivity index (χ1) is 14.9. The van der Waals surface area contributed by atoms with Crippen LogP contribution in [0.5, 0.6) is 11.5 Å². The number of carbonyl (C=O) groups is 2. The Balaban J connectivity index is 1.66. The van der Waals surface area contributed by atoms with Gasteiger partial charge in [-0.2, -0.15) is 5.10 Å². The molecule has 0 radical (unpaired) electrons. The molecular formula is C22H24N4O4S. The highest BCUT2D eigenvalue weighted by atomic mass is 32.2. The number of benzene rings is 2. The molecular weight excluding hydrogens is 416 g/mol. The quantitative estimate of drug-likeness (QED) is 0.307. The number of amides is 2. The lowest BCUT2D eigenvalue weighted by molar-refractivity contribution is -0.121. The van der Waals surface area contributed by atoms with Gasteiger partial charge in [0.05, 0.1) is 25.1 Å². The van der Waals surface area contributed by atoms with E-state index in [0.29, 0.717) is 23.8 Å². The number of ether oxygens (including phenoxy) is 2. The van der Waals surface area contributed by atoms with Gasteiger partial charge >= 0.3 is 0 Å². The van der Waals surface area contributed by atoms with Crippen molar-refractivity contribution in [2.75, 3.05) is 18.6 Å². The van der Waals surface area contributed by atoms with Crippen LogP contribution >= 0.6 is 11.8 Å². The van der Waals surface area contributed by atoms with Crippen molar-refractivity contribution in [1.82, 2.24) is 0 Å². The number of amidine groups is 1. The number of hydrogen-bond donors (Lipinski definition) is 1. The third-order valence-corrected chi connectivity index (χ3v) is 5.56. The Morgan fingerprint density at radius 3 is 2.35 bits per heavy atom. The Bertz CT molecular complexity index is 1000. The van der Waals surface area contributed by atoms with E-state index in [2.05, 4.69) is 10.2 Å². The van der Waals surface area contributed by atoms with Crippen molar-refractivity contribution >= 4 is 40.1 Å². The van der Waals surface area contributed by atoms with Crippen LogP contribution in [0.2, 0.25) is 0 Å². The van der Waals surface area contributed by atoms with Crippen LogP contribution in [0.3, 0.4) is 0 Å². The molecule has 0 unspecified atom stereocenters. The summed E-state index contributed by atoms with van der Waals surface area (Å²) in [5.41, 5.74) is 8.00. The maximum atomic E-state index is 12.8. The number of nitrogens with zero attached hydrogens (tertiary/aromatic N) is 3. The molecule has 2 amide bonds. The zero-order valence-electron chi connectivity index (χ0n) is 17.6. The zero-order valence-corrected chi connectivity index (χ0v) is 18.4. The number of imide groups is 1. The van der Waals surface area contributed by atoms with Crippen LogP contribution in [0.15, 0.2) is 58.7 Å². The Hall–Kier alpha value is -3.33. The fraction of sp³-hybridized carbons (Fsp3) is 0.273. The normalized spacial score (nSPS) is 17.3. The van der Waals surface area contributed by atoms with E-state index in [9.17, 15) is 9.59 Å². The Kier molecular flexibility index (Phi) is 7.30. The minimum Gasteiger partial charge on any atom is -0.497 e. The highest BCUT2D eigenvalue weighted by Crippen LogP contribution is 2.30. The molecule has 0 aliphatic carbocycles. The third-order valence-electron chi connectivity index (χ3n) is 4.58. The van der Waals surface area contributed by atoms with Gasteiger partial charge in [0.2, 0.25) is 11.8 Å². The second-order valence-corrected chi connectivity index (χ2v) is 7.88. The molecule has 8 nitrogen and oxygen atoms in total. The lowest BCUT2D eigenvalue weighted by Gasteiger charge is -2.15. The molecule has 162 valence electrons. The van der Waals surface area contributed by atoms with Gasteiger partial charge in [-0.25, -0.2) is 4.90 Å². The summed E-state index contributed by atoms with van der Waals surface area (Å²) in [6.45, 7) is 4.23. The molecule has 3 rings (SSSR count). The monoisotopic (exact) mass is 440 g/mol. The lowest BCUT2D eigenvalue weighted by atomic mass is 10.1. The first kappa shape index (κ1) is 22.4. The van der Waals surface area contributed by atoms with Crippen LogP contribution < -0.4 is 20.1 Å². The highest BCUT2D eigenvalue weighted by molar-refractivity contribution is 8.14. The number of anilines is 1. The van der Waals surface area contributed by atoms with Gasteiger partial charge in [-0.15, -0.1) is 5.10 Å². The van der Waals surface area contributed by atoms with Crippen LogP contribution in [-0.2, 0) is 9.59 Å². The first-order valence-electron chi connectivity index (χ1n) is 9.71. The smallest absolute Gasteiger partial charge is 0.247 e. The molecule has 1 heterocycles. The van der Waals surface area contributed by atoms with Crippen LogP contribution in [0.4, 0.5) is 5.69 Å². The molecule has 9 heteroatoms. The summed E-state index contributed by atoms with van der Waals surface area (Å²) >= 11 is 1.04. The van der Waals surface area contributed by atoms with Crippen molar-refractivity contribution < 1.29 is 19.1 Å². The van der Waals surface area contributed by atoms with E-state index in [-0.39, 0.29) is 23.4 Å². The minimum atomic E-state index is -0.640. The Labute approximate surface area is 185 Å². The summed E-state index contributed by atoms with van der Waals surface area (Å²) in [5.74, 6) is 0.819. The average molecular weight is 441 g/mol. The molecule has 2 aromatic rings. The molecule has 1 saturated heterocycles. The van der Waals surface area contributed by atoms with Crippen LogP contribution in [0.1, 0.15) is 25.8 Å². The van der Waals surface area contributed by atoms with E-state index in [1.54, 1.807) is 38.3 Å². The second-order valence-electron chi connectivity index (χ2n) is 6.66. The Morgan fingerprint density at radius 2 is 1.74 bits per heavy atom. The number of nitrogens with two attached hydrogens (primary N) is 1. The largest absolute Gasteiger partial charge is 0.497 e. The van der Waals surface area contributed by atoms with Gasteiger partial charge in [-0.3, -0.25) is 9.59 Å². The minimum absolute atomic E-state index is 0.0497. The molecule has 31 heavy (non-hydrogen) atoms. The van der Waals surface area contributed by atoms with E-state index in [1.165, 1.54) is 4.90 Å². The molecule has 0 aromatic heterocycles. The maximum absolute atomic E-state index is 12.8. The summed E-state index contributed by atoms with van der Waals surface area (Å²) in [7, 11) is 1.60. The fourth-order valence-electron chi connectivity index (χ4n) is 3.01. The van der Waals surface area contributed by atoms with Crippen molar-refractivity contribution in [3.05, 3.63) is 54.1 Å². The first-order valence-corrected chi connectivity index (χ1v) is 10.6. The van der Waals surface area contributed by atoms with Crippen molar-refractivity contribution in [1.29, 1.82) is 0 Å². The second kappa shape index (κ2) is 10.1. The topological polar surface area (TPSA) is 107 Å². The van der Waals surface area contributed by atoms with Crippen LogP contribution in [0, 0.1) is 0 Å². The van der Waals surface area contributed by atoms with Gasteiger partial charge in [0.25, 0.3) is 0 Å². The summed E-state index contributed by atoms with van der Waals surface area (Å²) in [5, 5.41) is 7.62. The molecule has 0 spiro atoms. The number of hydrogen-bond acceptors (Lipinski definition) is 7. The predicted molar refractivity (Wildman–Crippen MR) is 123 cm³/mol. The van der Waals surface area contributed by atoms with Crippen LogP contribution in [-0.4, -0.2) is 41.7 Å². The number of carbonyl (C=O) groups excluding carboxylic acids is 2. The van der Waals surface area contributed by atoms with E-state index in [4.69, 9.17) is 15.2 Å². The highest BCUT2D eigenvalue weighted by Gasteiger charge is 2.40. The van der Waals surface area contributed by atoms with Crippen molar-refractivity contribution in [3.63, 3.8) is 0 Å². The molecule has 1 aliphatic heterocycles. The van der Waals surface area contributed by atoms with Crippen LogP contribution in [0.25, 0.3) is 0 Å². The molecule has 0 bridgehead atoms. The maximum Gasteiger partial charge on any atom is 0.247 e. The molecule has 0 saturated carbocycles. The summed E-state index contributed by atoms with van der Waals surface area (Å²) < 4.78 is 10.5. The Morgan fingerprint density at radius 1 is 1.10 bits per heavy atom.